The van der Waals surface area contributed by atoms with Crippen LogP contribution in [0.25, 0.3) is 0 Å². The van der Waals surface area contributed by atoms with Crippen LogP contribution in [-0.4, -0.2) is 64.0 Å². The number of hydrogen-bond acceptors (Lipinski definition) is 9. The van der Waals surface area contributed by atoms with Crippen molar-refractivity contribution in [2.45, 2.75) is 30.5 Å². The molecule has 12 heteroatoms. The first-order valence-corrected chi connectivity index (χ1v) is 11.9. The van der Waals surface area contributed by atoms with Crippen LogP contribution >= 0.6 is 23.1 Å². The summed E-state index contributed by atoms with van der Waals surface area (Å²) in [4.78, 5) is 51.5. The van der Waals surface area contributed by atoms with Gasteiger partial charge in [-0.25, -0.2) is 4.79 Å². The number of nitrogens with zero attached hydrogens (tertiary/aromatic N) is 3. The Bertz CT molecular complexity index is 1080. The number of esters is 1. The van der Waals surface area contributed by atoms with Crippen molar-refractivity contribution in [2.75, 3.05) is 24.3 Å². The van der Waals surface area contributed by atoms with E-state index < -0.39 is 22.5 Å². The predicted octanol–water partition coefficient (Wildman–Crippen LogP) is 2.42. The molecule has 10 nitrogen and oxygen atoms in total. The number of benzene rings is 1. The Morgan fingerprint density at radius 2 is 2.03 bits per heavy atom. The number of ether oxygens (including phenoxy) is 2. The van der Waals surface area contributed by atoms with Gasteiger partial charge in [0.05, 0.1) is 16.5 Å². The van der Waals surface area contributed by atoms with Crippen molar-refractivity contribution < 1.29 is 28.8 Å². The molecule has 2 unspecified atom stereocenters. The largest absolute Gasteiger partial charge is 0.459 e. The number of carbonyl (C=O) groups excluding carboxylic acids is 3. The van der Waals surface area contributed by atoms with Crippen LogP contribution < -0.4 is 4.90 Å². The van der Waals surface area contributed by atoms with Crippen molar-refractivity contribution in [3.63, 3.8) is 0 Å². The number of amides is 2. The highest BCUT2D eigenvalue weighted by atomic mass is 32.2. The number of anilines is 1. The molecule has 2 saturated heterocycles. The summed E-state index contributed by atoms with van der Waals surface area (Å²) in [6.45, 7) is 1.37. The molecule has 2 fully saturated rings. The number of carbonyl (C=O) groups is 3. The van der Waals surface area contributed by atoms with E-state index in [0.717, 1.165) is 0 Å². The van der Waals surface area contributed by atoms with E-state index >= 15 is 0 Å². The van der Waals surface area contributed by atoms with E-state index in [1.54, 1.807) is 11.0 Å². The molecule has 3 atom stereocenters. The van der Waals surface area contributed by atoms with Gasteiger partial charge in [0, 0.05) is 31.9 Å². The van der Waals surface area contributed by atoms with E-state index in [1.165, 1.54) is 66.3 Å². The highest BCUT2D eigenvalue weighted by Crippen LogP contribution is 2.43. The molecule has 33 heavy (non-hydrogen) atoms. The number of non-ortho nitro benzene ring substituents is 1. The summed E-state index contributed by atoms with van der Waals surface area (Å²) in [5.41, 5.74) is -0.803. The van der Waals surface area contributed by atoms with Gasteiger partial charge in [0.1, 0.15) is 18.0 Å². The minimum absolute atomic E-state index is 0.0196. The van der Waals surface area contributed by atoms with Crippen molar-refractivity contribution in [2.24, 2.45) is 0 Å². The maximum Gasteiger partial charge on any atom is 0.341 e. The maximum atomic E-state index is 13.0. The fraction of sp³-hybridized carbons (Fsp3) is 0.381. The van der Waals surface area contributed by atoms with Gasteiger partial charge in [0.25, 0.3) is 5.69 Å². The van der Waals surface area contributed by atoms with Crippen molar-refractivity contribution in [1.82, 2.24) is 4.90 Å². The van der Waals surface area contributed by atoms with Gasteiger partial charge >= 0.3 is 5.97 Å². The molecule has 0 bridgehead atoms. The van der Waals surface area contributed by atoms with Gasteiger partial charge in [-0.15, -0.1) is 23.1 Å². The summed E-state index contributed by atoms with van der Waals surface area (Å²) < 4.78 is 11.0. The van der Waals surface area contributed by atoms with Crippen LogP contribution in [0.3, 0.4) is 0 Å². The molecule has 4 rings (SSSR count). The zero-order chi connectivity index (χ0) is 23.8. The molecule has 0 N–H and O–H groups in total. The molecular weight excluding hydrogens is 470 g/mol. The second kappa shape index (κ2) is 9.12. The zero-order valence-corrected chi connectivity index (χ0v) is 19.5. The maximum absolute atomic E-state index is 13.0. The van der Waals surface area contributed by atoms with Crippen LogP contribution in [-0.2, 0) is 30.5 Å². The second-order valence-corrected chi connectivity index (χ2v) is 9.68. The first-order valence-electron chi connectivity index (χ1n) is 9.98. The van der Waals surface area contributed by atoms with Crippen molar-refractivity contribution in [3.05, 3.63) is 57.5 Å². The SMILES string of the molecule is COC1(C(=O)OCc2ccc([N+](=O)[O-])cc2)CS[C@@H]2C(N(C(C)=O)c3cccs3)C(=O)N2C1. The average Bonchev–Trinajstić information content (AvgIpc) is 3.34. The number of nitro groups is 1. The first kappa shape index (κ1) is 23.2. The minimum Gasteiger partial charge on any atom is -0.459 e. The third kappa shape index (κ3) is 4.21. The molecule has 3 heterocycles. The van der Waals surface area contributed by atoms with Crippen LogP contribution in [0.15, 0.2) is 41.8 Å². The van der Waals surface area contributed by atoms with Crippen molar-refractivity contribution in [3.8, 4) is 0 Å². The van der Waals surface area contributed by atoms with Crippen LogP contribution in [0, 0.1) is 10.1 Å². The normalized spacial score (nSPS) is 23.9. The third-order valence-corrected chi connectivity index (χ3v) is 8.02. The smallest absolute Gasteiger partial charge is 0.341 e. The second-order valence-electron chi connectivity index (χ2n) is 7.65. The lowest BCUT2D eigenvalue weighted by Gasteiger charge is -2.55. The van der Waals surface area contributed by atoms with E-state index in [9.17, 15) is 24.5 Å². The third-order valence-electron chi connectivity index (χ3n) is 5.67. The van der Waals surface area contributed by atoms with Gasteiger partial charge in [0.2, 0.25) is 11.8 Å². The molecule has 0 radical (unpaired) electrons. The Morgan fingerprint density at radius 1 is 1.30 bits per heavy atom. The quantitative estimate of drug-likeness (QED) is 0.251. The van der Waals surface area contributed by atoms with E-state index in [2.05, 4.69) is 0 Å². The standard InChI is InChI=1S/C21H21N3O7S2/c1-13(25)23(16-4-3-9-32-16)17-18(26)22-11-21(30-2,12-33-19(17)22)20(27)31-10-14-5-7-15(8-6-14)24(28)29/h3-9,17,19H,10-12H2,1-2H3/t17?,19-,21?/m1/s1. The zero-order valence-electron chi connectivity index (χ0n) is 17.8. The van der Waals surface area contributed by atoms with Gasteiger partial charge in [0.15, 0.2) is 5.60 Å². The van der Waals surface area contributed by atoms with Gasteiger partial charge in [-0.3, -0.25) is 24.6 Å². The van der Waals surface area contributed by atoms with Crippen LogP contribution in [0.4, 0.5) is 10.7 Å². The fourth-order valence-corrected chi connectivity index (χ4v) is 6.21. The van der Waals surface area contributed by atoms with Crippen LogP contribution in [0.5, 0.6) is 0 Å². The molecule has 0 spiro atoms. The lowest BCUT2D eigenvalue weighted by atomic mass is 9.98. The average molecular weight is 492 g/mol. The molecule has 0 aliphatic carbocycles. The Hall–Kier alpha value is -2.96. The van der Waals surface area contributed by atoms with E-state index in [1.807, 2.05) is 11.4 Å². The Morgan fingerprint density at radius 3 is 2.61 bits per heavy atom. The lowest BCUT2D eigenvalue weighted by Crippen LogP contribution is -2.76. The Kier molecular flexibility index (Phi) is 6.41. The minimum atomic E-state index is -1.34. The summed E-state index contributed by atoms with van der Waals surface area (Å²) in [6, 6.07) is 8.69. The molecule has 174 valence electrons. The summed E-state index contributed by atoms with van der Waals surface area (Å²) in [5, 5.41) is 13.0. The molecular formula is C21H21N3O7S2. The molecule has 2 aliphatic heterocycles. The number of nitro benzene ring substituents is 1. The van der Waals surface area contributed by atoms with Crippen molar-refractivity contribution >= 4 is 51.6 Å². The van der Waals surface area contributed by atoms with E-state index in [4.69, 9.17) is 9.47 Å². The summed E-state index contributed by atoms with van der Waals surface area (Å²) >= 11 is 2.75. The number of fused-ring (bicyclic) bond motifs is 1. The molecule has 1 aromatic heterocycles. The predicted molar refractivity (Wildman–Crippen MR) is 122 cm³/mol. The number of thiophene rings is 1. The fourth-order valence-electron chi connectivity index (χ4n) is 3.85. The molecule has 2 aromatic rings. The molecule has 0 saturated carbocycles. The topological polar surface area (TPSA) is 119 Å². The number of rotatable bonds is 7. The highest BCUT2D eigenvalue weighted by molar-refractivity contribution is 8.00. The van der Waals surface area contributed by atoms with Gasteiger partial charge in [-0.1, -0.05) is 0 Å². The summed E-state index contributed by atoms with van der Waals surface area (Å²) in [5.74, 6) is -0.834. The van der Waals surface area contributed by atoms with E-state index in [0.29, 0.717) is 10.6 Å². The van der Waals surface area contributed by atoms with Gasteiger partial charge in [-0.05, 0) is 35.2 Å². The first-order chi connectivity index (χ1) is 15.8. The Balaban J connectivity index is 1.43. The number of thioether (sulfide) groups is 1. The molecule has 1 aromatic carbocycles. The van der Waals surface area contributed by atoms with Crippen LogP contribution in [0.2, 0.25) is 0 Å². The number of hydrogen-bond donors (Lipinski definition) is 0. The monoisotopic (exact) mass is 491 g/mol. The number of methoxy groups -OCH3 is 1. The van der Waals surface area contributed by atoms with E-state index in [-0.39, 0.29) is 41.8 Å². The highest BCUT2D eigenvalue weighted by Gasteiger charge is 2.60. The van der Waals surface area contributed by atoms with Crippen LogP contribution in [0.1, 0.15) is 12.5 Å². The summed E-state index contributed by atoms with van der Waals surface area (Å²) in [6.07, 6.45) is 0. The summed E-state index contributed by atoms with van der Waals surface area (Å²) in [7, 11) is 1.39. The van der Waals surface area contributed by atoms with Gasteiger partial charge < -0.3 is 14.4 Å². The molecule has 2 amide bonds. The lowest BCUT2D eigenvalue weighted by molar-refractivity contribution is -0.384. The number of β-lactam (4-membered cyclic amide) rings is 1. The van der Waals surface area contributed by atoms with Crippen molar-refractivity contribution in [1.29, 1.82) is 0 Å². The van der Waals surface area contributed by atoms with Gasteiger partial charge in [-0.2, -0.15) is 0 Å². The molecule has 2 aliphatic rings. The Labute approximate surface area is 197 Å².